The Hall–Kier alpha value is -2.80. The van der Waals surface area contributed by atoms with Crippen LogP contribution < -0.4 is 20.7 Å². The fraction of sp³-hybridized carbons (Fsp3) is 0.188. The Morgan fingerprint density at radius 3 is 2.75 bits per heavy atom. The SMILES string of the molecule is CC(C(=O)Nc1ccc(Cl)cc1)N1C(=O)COc2ccc(N)nc21. The van der Waals surface area contributed by atoms with Crippen LogP contribution in [0.5, 0.6) is 5.75 Å². The average Bonchev–Trinajstić information content (AvgIpc) is 2.56. The smallest absolute Gasteiger partial charge is 0.266 e. The number of amides is 2. The molecule has 1 atom stereocenters. The van der Waals surface area contributed by atoms with Gasteiger partial charge < -0.3 is 15.8 Å². The highest BCUT2D eigenvalue weighted by molar-refractivity contribution is 6.30. The van der Waals surface area contributed by atoms with Crippen LogP contribution in [0.4, 0.5) is 17.3 Å². The van der Waals surface area contributed by atoms with Crippen LogP contribution in [0.3, 0.4) is 0 Å². The standard InChI is InChI=1S/C16H15ClN4O3/c1-9(16(23)19-11-4-2-10(17)3-5-11)21-14(22)8-24-12-6-7-13(18)20-15(12)21/h2-7,9H,8H2,1H3,(H2,18,20)(H,19,23). The van der Waals surface area contributed by atoms with Crippen molar-refractivity contribution in [3.8, 4) is 5.75 Å². The normalized spacial score (nSPS) is 14.6. The van der Waals surface area contributed by atoms with Crippen molar-refractivity contribution < 1.29 is 14.3 Å². The van der Waals surface area contributed by atoms with Crippen molar-refractivity contribution in [2.24, 2.45) is 0 Å². The van der Waals surface area contributed by atoms with Gasteiger partial charge in [-0.1, -0.05) is 11.6 Å². The first kappa shape index (κ1) is 16.1. The van der Waals surface area contributed by atoms with E-state index in [9.17, 15) is 9.59 Å². The van der Waals surface area contributed by atoms with E-state index >= 15 is 0 Å². The zero-order valence-electron chi connectivity index (χ0n) is 12.8. The maximum absolute atomic E-state index is 12.5. The molecule has 1 aromatic heterocycles. The lowest BCUT2D eigenvalue weighted by atomic mass is 10.2. The van der Waals surface area contributed by atoms with Crippen LogP contribution in [0.1, 0.15) is 6.92 Å². The van der Waals surface area contributed by atoms with Gasteiger partial charge in [-0.2, -0.15) is 0 Å². The molecule has 0 bridgehead atoms. The number of pyridine rings is 1. The molecule has 8 heteroatoms. The van der Waals surface area contributed by atoms with E-state index in [4.69, 9.17) is 22.1 Å². The maximum Gasteiger partial charge on any atom is 0.266 e. The molecule has 7 nitrogen and oxygen atoms in total. The lowest BCUT2D eigenvalue weighted by molar-refractivity contribution is -0.125. The molecular weight excluding hydrogens is 332 g/mol. The highest BCUT2D eigenvalue weighted by Crippen LogP contribution is 2.32. The molecule has 1 aliphatic rings. The quantitative estimate of drug-likeness (QED) is 0.886. The van der Waals surface area contributed by atoms with Gasteiger partial charge in [-0.25, -0.2) is 4.98 Å². The average molecular weight is 347 g/mol. The molecular formula is C16H15ClN4O3. The van der Waals surface area contributed by atoms with Crippen LogP contribution in [0.2, 0.25) is 5.02 Å². The van der Waals surface area contributed by atoms with Crippen molar-refractivity contribution in [1.82, 2.24) is 4.98 Å². The molecule has 2 heterocycles. The molecule has 3 rings (SSSR count). The molecule has 0 saturated carbocycles. The summed E-state index contributed by atoms with van der Waals surface area (Å²) in [6.07, 6.45) is 0. The van der Waals surface area contributed by atoms with Crippen LogP contribution in [0, 0.1) is 0 Å². The van der Waals surface area contributed by atoms with Crippen LogP contribution in [0.15, 0.2) is 36.4 Å². The summed E-state index contributed by atoms with van der Waals surface area (Å²) in [7, 11) is 0. The molecule has 0 fully saturated rings. The summed E-state index contributed by atoms with van der Waals surface area (Å²) in [6.45, 7) is 1.46. The Labute approximate surface area is 143 Å². The van der Waals surface area contributed by atoms with Crippen LogP contribution >= 0.6 is 11.6 Å². The number of anilines is 3. The Morgan fingerprint density at radius 2 is 2.04 bits per heavy atom. The summed E-state index contributed by atoms with van der Waals surface area (Å²) in [5.41, 5.74) is 6.27. The van der Waals surface area contributed by atoms with E-state index in [-0.39, 0.29) is 30.1 Å². The molecule has 3 N–H and O–H groups in total. The third-order valence-corrected chi connectivity index (χ3v) is 3.84. The highest BCUT2D eigenvalue weighted by Gasteiger charge is 2.34. The fourth-order valence-corrected chi connectivity index (χ4v) is 2.49. The maximum atomic E-state index is 12.5. The molecule has 0 spiro atoms. The number of carbonyl (C=O) groups is 2. The zero-order valence-corrected chi connectivity index (χ0v) is 13.6. The van der Waals surface area contributed by atoms with Gasteiger partial charge in [0.25, 0.3) is 5.91 Å². The molecule has 0 aliphatic carbocycles. The molecule has 0 saturated heterocycles. The van der Waals surface area contributed by atoms with Gasteiger partial charge in [-0.05, 0) is 43.3 Å². The number of nitrogen functional groups attached to an aromatic ring is 1. The summed E-state index contributed by atoms with van der Waals surface area (Å²) in [5.74, 6) is 0.171. The zero-order chi connectivity index (χ0) is 17.3. The van der Waals surface area contributed by atoms with Gasteiger partial charge in [0, 0.05) is 10.7 Å². The number of hydrogen-bond donors (Lipinski definition) is 2. The topological polar surface area (TPSA) is 97.5 Å². The lowest BCUT2D eigenvalue weighted by Gasteiger charge is -2.32. The number of halogens is 1. The van der Waals surface area contributed by atoms with E-state index in [1.165, 1.54) is 4.90 Å². The Bertz CT molecular complexity index is 794. The van der Waals surface area contributed by atoms with Gasteiger partial charge in [-0.3, -0.25) is 14.5 Å². The van der Waals surface area contributed by atoms with E-state index in [2.05, 4.69) is 10.3 Å². The van der Waals surface area contributed by atoms with Gasteiger partial charge in [0.1, 0.15) is 11.9 Å². The second-order valence-corrected chi connectivity index (χ2v) is 5.72. The van der Waals surface area contributed by atoms with Crippen LogP contribution in [-0.2, 0) is 9.59 Å². The number of carbonyl (C=O) groups excluding carboxylic acids is 2. The summed E-state index contributed by atoms with van der Waals surface area (Å²) in [4.78, 5) is 30.2. The number of nitrogens with one attached hydrogen (secondary N) is 1. The molecule has 124 valence electrons. The number of aromatic nitrogens is 1. The Kier molecular flexibility index (Phi) is 4.26. The second-order valence-electron chi connectivity index (χ2n) is 5.28. The van der Waals surface area contributed by atoms with Crippen molar-refractivity contribution in [3.05, 3.63) is 41.4 Å². The van der Waals surface area contributed by atoms with E-state index < -0.39 is 6.04 Å². The monoisotopic (exact) mass is 346 g/mol. The van der Waals surface area contributed by atoms with Crippen molar-refractivity contribution >= 4 is 40.7 Å². The van der Waals surface area contributed by atoms with Gasteiger partial charge >= 0.3 is 0 Å². The predicted octanol–water partition coefficient (Wildman–Crippen LogP) is 2.07. The largest absolute Gasteiger partial charge is 0.480 e. The third kappa shape index (κ3) is 3.11. The number of nitrogens with zero attached hydrogens (tertiary/aromatic N) is 2. The molecule has 24 heavy (non-hydrogen) atoms. The molecule has 2 amide bonds. The summed E-state index contributed by atoms with van der Waals surface area (Å²) >= 11 is 5.82. The number of hydrogen-bond acceptors (Lipinski definition) is 5. The minimum atomic E-state index is -0.787. The van der Waals surface area contributed by atoms with Crippen LogP contribution in [0.25, 0.3) is 0 Å². The van der Waals surface area contributed by atoms with Crippen molar-refractivity contribution in [3.63, 3.8) is 0 Å². The number of fused-ring (bicyclic) bond motifs is 1. The summed E-state index contributed by atoms with van der Waals surface area (Å²) in [5, 5.41) is 3.31. The van der Waals surface area contributed by atoms with E-state index in [1.54, 1.807) is 43.3 Å². The molecule has 2 aromatic rings. The van der Waals surface area contributed by atoms with E-state index in [0.717, 1.165) is 0 Å². The van der Waals surface area contributed by atoms with Gasteiger partial charge in [0.05, 0.1) is 0 Å². The number of ether oxygens (including phenoxy) is 1. The second kappa shape index (κ2) is 6.37. The van der Waals surface area contributed by atoms with Crippen LogP contribution in [-0.4, -0.2) is 29.4 Å². The minimum absolute atomic E-state index is 0.156. The summed E-state index contributed by atoms with van der Waals surface area (Å²) < 4.78 is 5.33. The molecule has 1 aromatic carbocycles. The van der Waals surface area contributed by atoms with Crippen molar-refractivity contribution in [1.29, 1.82) is 0 Å². The van der Waals surface area contributed by atoms with E-state index in [1.807, 2.05) is 0 Å². The first-order valence-electron chi connectivity index (χ1n) is 7.23. The predicted molar refractivity (Wildman–Crippen MR) is 91.2 cm³/mol. The first-order chi connectivity index (χ1) is 11.5. The molecule has 0 radical (unpaired) electrons. The van der Waals surface area contributed by atoms with E-state index in [0.29, 0.717) is 16.5 Å². The first-order valence-corrected chi connectivity index (χ1v) is 7.61. The van der Waals surface area contributed by atoms with Gasteiger partial charge in [0.2, 0.25) is 5.91 Å². The Balaban J connectivity index is 1.84. The highest BCUT2D eigenvalue weighted by atomic mass is 35.5. The minimum Gasteiger partial charge on any atom is -0.480 e. The van der Waals surface area contributed by atoms with Gasteiger partial charge in [-0.15, -0.1) is 0 Å². The van der Waals surface area contributed by atoms with Crippen molar-refractivity contribution in [2.75, 3.05) is 22.6 Å². The Morgan fingerprint density at radius 1 is 1.33 bits per heavy atom. The number of rotatable bonds is 3. The lowest BCUT2D eigenvalue weighted by Crippen LogP contribution is -2.50. The number of benzene rings is 1. The molecule has 1 unspecified atom stereocenters. The number of nitrogens with two attached hydrogens (primary N) is 1. The molecule has 1 aliphatic heterocycles. The fourth-order valence-electron chi connectivity index (χ4n) is 2.36. The van der Waals surface area contributed by atoms with Gasteiger partial charge in [0.15, 0.2) is 18.2 Å². The third-order valence-electron chi connectivity index (χ3n) is 3.59. The summed E-state index contributed by atoms with van der Waals surface area (Å²) in [6, 6.07) is 9.10. The van der Waals surface area contributed by atoms with Crippen molar-refractivity contribution in [2.45, 2.75) is 13.0 Å².